The van der Waals surface area contributed by atoms with E-state index in [0.29, 0.717) is 30.1 Å². The number of aromatic nitrogens is 2. The Balaban J connectivity index is 1.73. The standard InChI is InChI=1S/C23H19BrClN3O3/c24-17-4-1-3-16(13-17)20-19(21(29)15-5-7-18(25)8-6-15)22(30)23(31)28(20)11-2-10-27-12-9-26-14-27/h1,3-9,12-14,20,29H,2,10-11H2/t20-/m0/s1. The van der Waals surface area contributed by atoms with E-state index in [1.807, 2.05) is 35.0 Å². The Morgan fingerprint density at radius 2 is 1.90 bits per heavy atom. The van der Waals surface area contributed by atoms with Crippen molar-refractivity contribution in [1.82, 2.24) is 14.5 Å². The van der Waals surface area contributed by atoms with Crippen LogP contribution in [0.4, 0.5) is 0 Å². The normalized spacial score (nSPS) is 18.0. The van der Waals surface area contributed by atoms with Gasteiger partial charge in [-0.25, -0.2) is 4.98 Å². The molecule has 1 aliphatic heterocycles. The second-order valence-corrected chi connectivity index (χ2v) is 8.56. The number of ketones is 1. The van der Waals surface area contributed by atoms with Crippen LogP contribution in [0.15, 0.2) is 77.3 Å². The third kappa shape index (κ3) is 4.43. The number of amides is 1. The van der Waals surface area contributed by atoms with Crippen molar-refractivity contribution >= 4 is 45.0 Å². The highest BCUT2D eigenvalue weighted by Gasteiger charge is 2.45. The average Bonchev–Trinajstić information content (AvgIpc) is 3.36. The van der Waals surface area contributed by atoms with Gasteiger partial charge >= 0.3 is 0 Å². The number of carbonyl (C=O) groups is 2. The lowest BCUT2D eigenvalue weighted by Gasteiger charge is -2.25. The maximum atomic E-state index is 13.0. The van der Waals surface area contributed by atoms with Gasteiger partial charge in [0.05, 0.1) is 17.9 Å². The number of Topliss-reactive ketones (excluding diaryl/α,β-unsaturated/α-hetero) is 1. The lowest BCUT2D eigenvalue weighted by atomic mass is 9.95. The molecule has 1 atom stereocenters. The molecule has 1 saturated heterocycles. The summed E-state index contributed by atoms with van der Waals surface area (Å²) in [6.45, 7) is 1.02. The van der Waals surface area contributed by atoms with E-state index in [-0.39, 0.29) is 11.3 Å². The number of hydrogen-bond acceptors (Lipinski definition) is 4. The van der Waals surface area contributed by atoms with E-state index < -0.39 is 17.7 Å². The summed E-state index contributed by atoms with van der Waals surface area (Å²) in [4.78, 5) is 31.5. The van der Waals surface area contributed by atoms with Crippen molar-refractivity contribution in [1.29, 1.82) is 0 Å². The van der Waals surface area contributed by atoms with Crippen LogP contribution in [0.1, 0.15) is 23.6 Å². The first-order valence-electron chi connectivity index (χ1n) is 9.71. The number of aliphatic hydroxyl groups is 1. The minimum Gasteiger partial charge on any atom is -0.507 e. The average molecular weight is 501 g/mol. The quantitative estimate of drug-likeness (QED) is 0.299. The molecule has 0 unspecified atom stereocenters. The third-order valence-corrected chi connectivity index (χ3v) is 5.94. The molecule has 0 radical (unpaired) electrons. The van der Waals surface area contributed by atoms with E-state index in [1.165, 1.54) is 4.90 Å². The predicted octanol–water partition coefficient (Wildman–Crippen LogP) is 4.81. The summed E-state index contributed by atoms with van der Waals surface area (Å²) in [5.74, 6) is -1.52. The monoisotopic (exact) mass is 499 g/mol. The molecular weight excluding hydrogens is 482 g/mol. The van der Waals surface area contributed by atoms with Gasteiger partial charge in [0.25, 0.3) is 11.7 Å². The van der Waals surface area contributed by atoms with Crippen molar-refractivity contribution in [3.63, 3.8) is 0 Å². The van der Waals surface area contributed by atoms with E-state index in [2.05, 4.69) is 20.9 Å². The Labute approximate surface area is 192 Å². The van der Waals surface area contributed by atoms with Crippen molar-refractivity contribution < 1.29 is 14.7 Å². The summed E-state index contributed by atoms with van der Waals surface area (Å²) in [7, 11) is 0. The van der Waals surface area contributed by atoms with Gasteiger partial charge in [-0.2, -0.15) is 0 Å². The molecule has 31 heavy (non-hydrogen) atoms. The molecule has 1 amide bonds. The number of imidazole rings is 1. The number of benzene rings is 2. The highest BCUT2D eigenvalue weighted by molar-refractivity contribution is 9.10. The van der Waals surface area contributed by atoms with Gasteiger partial charge in [-0.1, -0.05) is 39.7 Å². The van der Waals surface area contributed by atoms with Crippen LogP contribution in [-0.4, -0.2) is 37.8 Å². The molecular formula is C23H19BrClN3O3. The molecule has 1 N–H and O–H groups in total. The van der Waals surface area contributed by atoms with E-state index in [1.54, 1.807) is 36.8 Å². The van der Waals surface area contributed by atoms with E-state index in [0.717, 1.165) is 10.0 Å². The second-order valence-electron chi connectivity index (χ2n) is 7.21. The van der Waals surface area contributed by atoms with Crippen LogP contribution < -0.4 is 0 Å². The minimum absolute atomic E-state index is 0.0769. The SMILES string of the molecule is O=C1C(=O)N(CCCn2ccnc2)[C@@H](c2cccc(Br)c2)C1=C(O)c1ccc(Cl)cc1. The van der Waals surface area contributed by atoms with E-state index >= 15 is 0 Å². The van der Waals surface area contributed by atoms with Crippen molar-refractivity contribution in [2.24, 2.45) is 0 Å². The lowest BCUT2D eigenvalue weighted by Crippen LogP contribution is -2.31. The maximum Gasteiger partial charge on any atom is 0.295 e. The summed E-state index contributed by atoms with van der Waals surface area (Å²) < 4.78 is 2.73. The molecule has 1 aromatic heterocycles. The molecule has 158 valence electrons. The first kappa shape index (κ1) is 21.3. The van der Waals surface area contributed by atoms with Crippen LogP contribution in [0.2, 0.25) is 5.02 Å². The molecule has 0 aliphatic carbocycles. The minimum atomic E-state index is -0.694. The number of aryl methyl sites for hydroxylation is 1. The Kier molecular flexibility index (Phi) is 6.25. The molecule has 0 saturated carbocycles. The zero-order chi connectivity index (χ0) is 22.0. The molecule has 8 heteroatoms. The molecule has 2 heterocycles. The van der Waals surface area contributed by atoms with Gasteiger partial charge in [0.15, 0.2) is 0 Å². The second kappa shape index (κ2) is 9.08. The highest BCUT2D eigenvalue weighted by Crippen LogP contribution is 2.40. The number of carbonyl (C=O) groups excluding carboxylic acids is 2. The van der Waals surface area contributed by atoms with Gasteiger partial charge in [0.2, 0.25) is 0 Å². The van der Waals surface area contributed by atoms with Crippen LogP contribution in [0.3, 0.4) is 0 Å². The molecule has 4 rings (SSSR count). The third-order valence-electron chi connectivity index (χ3n) is 5.20. The summed E-state index contributed by atoms with van der Waals surface area (Å²) in [6.07, 6.45) is 5.88. The zero-order valence-electron chi connectivity index (χ0n) is 16.4. The smallest absolute Gasteiger partial charge is 0.295 e. The molecule has 0 bridgehead atoms. The maximum absolute atomic E-state index is 13.0. The fourth-order valence-electron chi connectivity index (χ4n) is 3.74. The van der Waals surface area contributed by atoms with Gasteiger partial charge in [-0.15, -0.1) is 0 Å². The van der Waals surface area contributed by atoms with Crippen LogP contribution in [0, 0.1) is 0 Å². The van der Waals surface area contributed by atoms with Crippen LogP contribution in [0.5, 0.6) is 0 Å². The number of nitrogens with zero attached hydrogens (tertiary/aromatic N) is 3. The zero-order valence-corrected chi connectivity index (χ0v) is 18.8. The fraction of sp³-hybridized carbons (Fsp3) is 0.174. The van der Waals surface area contributed by atoms with Crippen molar-refractivity contribution in [3.05, 3.63) is 93.4 Å². The van der Waals surface area contributed by atoms with Gasteiger partial charge < -0.3 is 14.6 Å². The highest BCUT2D eigenvalue weighted by atomic mass is 79.9. The fourth-order valence-corrected chi connectivity index (χ4v) is 4.28. The molecule has 1 aliphatic rings. The van der Waals surface area contributed by atoms with Gasteiger partial charge in [0, 0.05) is 40.5 Å². The summed E-state index contributed by atoms with van der Waals surface area (Å²) >= 11 is 9.41. The van der Waals surface area contributed by atoms with Gasteiger partial charge in [0.1, 0.15) is 5.76 Å². The number of aliphatic hydroxyl groups excluding tert-OH is 1. The number of rotatable bonds is 6. The molecule has 0 spiro atoms. The molecule has 2 aromatic carbocycles. The lowest BCUT2D eigenvalue weighted by molar-refractivity contribution is -0.139. The van der Waals surface area contributed by atoms with Gasteiger partial charge in [-0.3, -0.25) is 9.59 Å². The van der Waals surface area contributed by atoms with Crippen LogP contribution in [0.25, 0.3) is 5.76 Å². The first-order chi connectivity index (χ1) is 15.0. The Morgan fingerprint density at radius 3 is 2.58 bits per heavy atom. The Bertz CT molecular complexity index is 1140. The van der Waals surface area contributed by atoms with Crippen LogP contribution in [-0.2, 0) is 16.1 Å². The topological polar surface area (TPSA) is 75.4 Å². The molecule has 3 aromatic rings. The van der Waals surface area contributed by atoms with E-state index in [4.69, 9.17) is 11.6 Å². The van der Waals surface area contributed by atoms with Crippen molar-refractivity contribution in [3.8, 4) is 0 Å². The summed E-state index contributed by atoms with van der Waals surface area (Å²) in [5.41, 5.74) is 1.25. The van der Waals surface area contributed by atoms with Crippen molar-refractivity contribution in [2.45, 2.75) is 19.0 Å². The van der Waals surface area contributed by atoms with Crippen molar-refractivity contribution in [2.75, 3.05) is 6.54 Å². The number of hydrogen-bond donors (Lipinski definition) is 1. The first-order valence-corrected chi connectivity index (χ1v) is 10.9. The summed E-state index contributed by atoms with van der Waals surface area (Å²) in [6, 6.07) is 13.2. The summed E-state index contributed by atoms with van der Waals surface area (Å²) in [5, 5.41) is 11.5. The Morgan fingerprint density at radius 1 is 1.13 bits per heavy atom. The molecule has 6 nitrogen and oxygen atoms in total. The van der Waals surface area contributed by atoms with E-state index in [9.17, 15) is 14.7 Å². The largest absolute Gasteiger partial charge is 0.507 e. The predicted molar refractivity (Wildman–Crippen MR) is 121 cm³/mol. The number of halogens is 2. The molecule has 1 fully saturated rings. The van der Waals surface area contributed by atoms with Crippen LogP contribution >= 0.6 is 27.5 Å². The van der Waals surface area contributed by atoms with Gasteiger partial charge in [-0.05, 0) is 48.4 Å². The number of likely N-dealkylation sites (tertiary alicyclic amines) is 1. The Hall–Kier alpha value is -2.90.